The number of rotatable bonds is 4. The van der Waals surface area contributed by atoms with E-state index in [4.69, 9.17) is 5.10 Å². The van der Waals surface area contributed by atoms with Gasteiger partial charge in [-0.3, -0.25) is 14.4 Å². The van der Waals surface area contributed by atoms with Crippen LogP contribution in [0.1, 0.15) is 48.3 Å². The molecule has 2 aromatic heterocycles. The Morgan fingerprint density at radius 1 is 1.04 bits per heavy atom. The molecule has 3 aliphatic rings. The molecule has 6 heteroatoms. The first-order valence-electron chi connectivity index (χ1n) is 9.66. The van der Waals surface area contributed by atoms with E-state index in [0.717, 1.165) is 63.0 Å². The lowest BCUT2D eigenvalue weighted by molar-refractivity contribution is 0.213. The number of hydrogen-bond acceptors (Lipinski definition) is 4. The molecule has 1 unspecified atom stereocenters. The summed E-state index contributed by atoms with van der Waals surface area (Å²) in [4.78, 5) is 14.9. The number of likely N-dealkylation sites (tertiary alicyclic amines) is 1. The zero-order valence-corrected chi connectivity index (χ0v) is 14.7. The number of nitrogens with zero attached hydrogens (tertiary/aromatic N) is 5. The van der Waals surface area contributed by atoms with Crippen molar-refractivity contribution >= 4 is 0 Å². The molecule has 4 heterocycles. The average molecular weight is 339 g/mol. The summed E-state index contributed by atoms with van der Waals surface area (Å²) >= 11 is 0. The van der Waals surface area contributed by atoms with Crippen LogP contribution in [0.2, 0.25) is 0 Å². The molecule has 1 aliphatic carbocycles. The van der Waals surface area contributed by atoms with Crippen molar-refractivity contribution < 1.29 is 0 Å². The maximum atomic E-state index is 12.4. The molecule has 1 fully saturated rings. The van der Waals surface area contributed by atoms with Crippen molar-refractivity contribution in [2.24, 2.45) is 0 Å². The Morgan fingerprint density at radius 3 is 2.92 bits per heavy atom. The van der Waals surface area contributed by atoms with Crippen LogP contribution in [0.15, 0.2) is 16.9 Å². The van der Waals surface area contributed by atoms with Crippen LogP contribution < -0.4 is 5.56 Å². The van der Waals surface area contributed by atoms with Crippen molar-refractivity contribution in [1.29, 1.82) is 0 Å². The molecule has 0 aromatic carbocycles. The van der Waals surface area contributed by atoms with Crippen molar-refractivity contribution in [1.82, 2.24) is 24.5 Å². The smallest absolute Gasteiger partial charge is 0.267 e. The monoisotopic (exact) mass is 339 g/mol. The van der Waals surface area contributed by atoms with Gasteiger partial charge >= 0.3 is 0 Å². The number of fused-ring (bicyclic) bond motifs is 2. The third-order valence-electron chi connectivity index (χ3n) is 5.99. The fourth-order valence-corrected chi connectivity index (χ4v) is 4.68. The van der Waals surface area contributed by atoms with E-state index in [1.165, 1.54) is 24.2 Å². The highest BCUT2D eigenvalue weighted by Crippen LogP contribution is 2.23. The van der Waals surface area contributed by atoms with Crippen molar-refractivity contribution in [3.05, 3.63) is 45.1 Å². The Labute approximate surface area is 147 Å². The minimum absolute atomic E-state index is 0.0634. The van der Waals surface area contributed by atoms with E-state index < -0.39 is 0 Å². The van der Waals surface area contributed by atoms with E-state index >= 15 is 0 Å². The van der Waals surface area contributed by atoms with Crippen molar-refractivity contribution in [2.45, 2.75) is 70.6 Å². The minimum Gasteiger partial charge on any atom is -0.293 e. The van der Waals surface area contributed by atoms with Crippen LogP contribution in [-0.2, 0) is 38.9 Å². The van der Waals surface area contributed by atoms with Crippen LogP contribution >= 0.6 is 0 Å². The highest BCUT2D eigenvalue weighted by Gasteiger charge is 2.27. The molecule has 2 aromatic rings. The van der Waals surface area contributed by atoms with E-state index in [0.29, 0.717) is 12.6 Å². The first kappa shape index (κ1) is 15.3. The molecule has 1 saturated heterocycles. The molecule has 2 aliphatic heterocycles. The Balaban J connectivity index is 1.32. The standard InChI is InChI=1S/C19H25N5O/c25-19-10-14-4-1-7-18(14)21-24(19)13-17-6-2-8-22(17)12-15-11-16-5-3-9-23(16)20-15/h10-11,17H,1-9,12-13H2. The molecule has 6 nitrogen and oxygen atoms in total. The van der Waals surface area contributed by atoms with E-state index in [-0.39, 0.29) is 5.56 Å². The zero-order chi connectivity index (χ0) is 16.8. The number of aryl methyl sites for hydroxylation is 4. The van der Waals surface area contributed by atoms with E-state index in [2.05, 4.69) is 20.7 Å². The van der Waals surface area contributed by atoms with Crippen molar-refractivity contribution in [2.75, 3.05) is 6.54 Å². The third-order valence-corrected chi connectivity index (χ3v) is 5.99. The lowest BCUT2D eigenvalue weighted by atomic mass is 10.2. The molecule has 0 N–H and O–H groups in total. The summed E-state index contributed by atoms with van der Waals surface area (Å²) in [6.45, 7) is 3.75. The molecule has 132 valence electrons. The first-order chi connectivity index (χ1) is 12.3. The van der Waals surface area contributed by atoms with Gasteiger partial charge in [0.2, 0.25) is 0 Å². The minimum atomic E-state index is 0.0634. The Kier molecular flexibility index (Phi) is 3.73. The van der Waals surface area contributed by atoms with Gasteiger partial charge in [0.15, 0.2) is 0 Å². The van der Waals surface area contributed by atoms with Crippen molar-refractivity contribution in [3.8, 4) is 0 Å². The molecule has 0 bridgehead atoms. The van der Waals surface area contributed by atoms with Crippen LogP contribution in [0.3, 0.4) is 0 Å². The summed E-state index contributed by atoms with van der Waals surface area (Å²) in [5.41, 5.74) is 4.92. The number of hydrogen-bond donors (Lipinski definition) is 0. The highest BCUT2D eigenvalue weighted by molar-refractivity contribution is 5.22. The van der Waals surface area contributed by atoms with Gasteiger partial charge in [-0.15, -0.1) is 0 Å². The van der Waals surface area contributed by atoms with Crippen LogP contribution in [0.4, 0.5) is 0 Å². The van der Waals surface area contributed by atoms with Crippen LogP contribution in [0.25, 0.3) is 0 Å². The zero-order valence-electron chi connectivity index (χ0n) is 14.7. The molecule has 0 saturated carbocycles. The Bertz CT molecular complexity index is 830. The number of aromatic nitrogens is 4. The molecule has 25 heavy (non-hydrogen) atoms. The highest BCUT2D eigenvalue weighted by atomic mass is 16.1. The predicted octanol–water partition coefficient (Wildman–Crippen LogP) is 1.54. The van der Waals surface area contributed by atoms with Crippen molar-refractivity contribution in [3.63, 3.8) is 0 Å². The summed E-state index contributed by atoms with van der Waals surface area (Å²) in [6, 6.07) is 4.47. The molecule has 0 spiro atoms. The predicted molar refractivity (Wildman–Crippen MR) is 94.5 cm³/mol. The van der Waals surface area contributed by atoms with Crippen LogP contribution in [-0.4, -0.2) is 37.0 Å². The normalized spacial score (nSPS) is 22.5. The Morgan fingerprint density at radius 2 is 2.00 bits per heavy atom. The molecule has 0 radical (unpaired) electrons. The maximum Gasteiger partial charge on any atom is 0.267 e. The lowest BCUT2D eigenvalue weighted by Gasteiger charge is -2.24. The fraction of sp³-hybridized carbons (Fsp3) is 0.632. The van der Waals surface area contributed by atoms with Gasteiger partial charge in [-0.2, -0.15) is 10.2 Å². The SMILES string of the molecule is O=c1cc2c(nn1CC1CCCN1Cc1cc3n(n1)CCC3)CCC2. The van der Waals surface area contributed by atoms with Crippen LogP contribution in [0.5, 0.6) is 0 Å². The van der Waals surface area contributed by atoms with Gasteiger partial charge in [0.25, 0.3) is 5.56 Å². The second-order valence-electron chi connectivity index (χ2n) is 7.71. The van der Waals surface area contributed by atoms with Gasteiger partial charge in [0.05, 0.1) is 17.9 Å². The fourth-order valence-electron chi connectivity index (χ4n) is 4.68. The van der Waals surface area contributed by atoms with Crippen LogP contribution in [0, 0.1) is 0 Å². The summed E-state index contributed by atoms with van der Waals surface area (Å²) in [7, 11) is 0. The van der Waals surface area contributed by atoms with E-state index in [9.17, 15) is 4.79 Å². The maximum absolute atomic E-state index is 12.4. The molecule has 1 atom stereocenters. The Hall–Kier alpha value is -1.95. The first-order valence-corrected chi connectivity index (χ1v) is 9.66. The topological polar surface area (TPSA) is 56.0 Å². The quantitative estimate of drug-likeness (QED) is 0.848. The van der Waals surface area contributed by atoms with Gasteiger partial charge in [-0.05, 0) is 63.1 Å². The summed E-state index contributed by atoms with van der Waals surface area (Å²) in [5, 5.41) is 9.41. The van der Waals surface area contributed by atoms with E-state index in [1.807, 2.05) is 6.07 Å². The second-order valence-corrected chi connectivity index (χ2v) is 7.71. The van der Waals surface area contributed by atoms with Gasteiger partial charge in [0, 0.05) is 30.9 Å². The molecule has 0 amide bonds. The summed E-state index contributed by atoms with van der Waals surface area (Å²) in [5.74, 6) is 0. The third kappa shape index (κ3) is 2.82. The van der Waals surface area contributed by atoms with Gasteiger partial charge in [0.1, 0.15) is 0 Å². The molecular weight excluding hydrogens is 314 g/mol. The average Bonchev–Trinajstić information content (AvgIpc) is 3.33. The second kappa shape index (κ2) is 6.09. The largest absolute Gasteiger partial charge is 0.293 e. The van der Waals surface area contributed by atoms with Gasteiger partial charge in [-0.25, -0.2) is 4.68 Å². The summed E-state index contributed by atoms with van der Waals surface area (Å²) in [6.07, 6.45) is 7.87. The summed E-state index contributed by atoms with van der Waals surface area (Å²) < 4.78 is 3.87. The molecular formula is C19H25N5O. The lowest BCUT2D eigenvalue weighted by Crippen LogP contribution is -2.37. The van der Waals surface area contributed by atoms with Gasteiger partial charge < -0.3 is 0 Å². The van der Waals surface area contributed by atoms with E-state index in [1.54, 1.807) is 4.68 Å². The van der Waals surface area contributed by atoms with Gasteiger partial charge in [-0.1, -0.05) is 0 Å². The molecule has 5 rings (SSSR count).